The Morgan fingerprint density at radius 1 is 1.32 bits per heavy atom. The Hall–Kier alpha value is -0.150. The summed E-state index contributed by atoms with van der Waals surface area (Å²) in [6.07, 6.45) is 1.36. The van der Waals surface area contributed by atoms with Gasteiger partial charge >= 0.3 is 49.7 Å². The smallest absolute Gasteiger partial charge is 1.00 e. The van der Waals surface area contributed by atoms with E-state index in [2.05, 4.69) is 6.58 Å². The van der Waals surface area contributed by atoms with E-state index in [0.717, 1.165) is 6.08 Å². The number of rotatable bonds is 10. The van der Waals surface area contributed by atoms with Gasteiger partial charge in [0, 0.05) is 18.4 Å². The first kappa shape index (κ1) is 24.1. The molecule has 0 aliphatic carbocycles. The molecule has 0 aromatic heterocycles. The fourth-order valence-electron chi connectivity index (χ4n) is 2.05. The van der Waals surface area contributed by atoms with Crippen molar-refractivity contribution in [2.24, 2.45) is 5.92 Å². The molecule has 0 rings (SSSR count). The summed E-state index contributed by atoms with van der Waals surface area (Å²) in [6.45, 7) is 6.12. The fourth-order valence-corrected chi connectivity index (χ4v) is 2.85. The molecule has 0 fully saturated rings. The minimum absolute atomic E-state index is 0. The Labute approximate surface area is 163 Å². The van der Waals surface area contributed by atoms with Crippen LogP contribution in [-0.2, 0) is 24.4 Å². The number of ether oxygens (including phenoxy) is 1. The number of carboxylic acid groups (broad SMARTS) is 1. The van der Waals surface area contributed by atoms with E-state index in [1.54, 1.807) is 0 Å². The van der Waals surface area contributed by atoms with Crippen LogP contribution in [0.15, 0.2) is 12.7 Å². The summed E-state index contributed by atoms with van der Waals surface area (Å²) >= 11 is 0. The number of esters is 1. The summed E-state index contributed by atoms with van der Waals surface area (Å²) in [5, 5.41) is 7.45. The van der Waals surface area contributed by atoms with Gasteiger partial charge in [-0.2, -0.15) is 8.42 Å². The molecule has 0 heterocycles. The van der Waals surface area contributed by atoms with E-state index in [1.807, 2.05) is 0 Å². The van der Waals surface area contributed by atoms with E-state index in [-0.39, 0.29) is 47.0 Å². The zero-order chi connectivity index (χ0) is 16.6. The van der Waals surface area contributed by atoms with Gasteiger partial charge in [-0.15, -0.1) is 0 Å². The van der Waals surface area contributed by atoms with Crippen molar-refractivity contribution in [2.45, 2.75) is 50.9 Å². The van der Waals surface area contributed by atoms with Crippen LogP contribution in [0.25, 0.3) is 0 Å². The molecule has 0 aliphatic heterocycles. The Bertz CT molecular complexity index is 485. The Balaban J connectivity index is -0.000000667. The van der Waals surface area contributed by atoms with Gasteiger partial charge in [0.1, 0.15) is 6.10 Å². The van der Waals surface area contributed by atoms with Crippen LogP contribution in [0.1, 0.15) is 42.4 Å². The first-order valence-corrected chi connectivity index (χ1v) is 8.11. The second-order valence-corrected chi connectivity index (χ2v) is 6.64. The third kappa shape index (κ3) is 9.78. The second kappa shape index (κ2) is 11.4. The predicted octanol–water partition coefficient (Wildman–Crippen LogP) is 1.49. The molecule has 0 spiro atoms. The Morgan fingerprint density at radius 2 is 1.86 bits per heavy atom. The van der Waals surface area contributed by atoms with E-state index in [1.165, 1.54) is 13.8 Å². The van der Waals surface area contributed by atoms with Crippen molar-refractivity contribution < 1.29 is 35.3 Å². The first-order chi connectivity index (χ1) is 9.59. The molecule has 126 valence electrons. The van der Waals surface area contributed by atoms with Crippen LogP contribution in [-0.4, -0.2) is 79.1 Å². The molecule has 3 unspecified atom stereocenters. The monoisotopic (exact) mass is 364 g/mol. The molecule has 0 aromatic carbocycles. The molecular weight excluding hydrogens is 340 g/mol. The van der Waals surface area contributed by atoms with Crippen molar-refractivity contribution in [1.82, 2.24) is 0 Å². The largest absolute Gasteiger partial charge is 2.00 e. The van der Waals surface area contributed by atoms with E-state index < -0.39 is 39.3 Å². The maximum absolute atomic E-state index is 11.3. The second-order valence-electron chi connectivity index (χ2n) is 4.87. The standard InChI is InChI=1S/C13H22O7S.Ca.2H/c1-4-13(16)20-9(2)11(10(3)21(17,18)19)7-5-6-8-12(14)15;;;/h4,9-11H,1,5-8H2,2-3H3,(H,14,15)(H,17,18,19);;;/q;+2;2*-1. The van der Waals surface area contributed by atoms with Crippen LogP contribution < -0.4 is 0 Å². The molecule has 0 saturated heterocycles. The van der Waals surface area contributed by atoms with Crippen LogP contribution >= 0.6 is 0 Å². The van der Waals surface area contributed by atoms with Gasteiger partial charge in [-0.25, -0.2) is 4.79 Å². The van der Waals surface area contributed by atoms with Crippen LogP contribution in [0.3, 0.4) is 0 Å². The molecule has 9 heteroatoms. The zero-order valence-electron chi connectivity index (χ0n) is 14.9. The average Bonchev–Trinajstić information content (AvgIpc) is 2.36. The number of aliphatic carboxylic acids is 1. The third-order valence-electron chi connectivity index (χ3n) is 3.32. The number of carboxylic acids is 1. The molecule has 22 heavy (non-hydrogen) atoms. The maximum atomic E-state index is 11.3. The first-order valence-electron chi connectivity index (χ1n) is 6.60. The minimum Gasteiger partial charge on any atom is -1.00 e. The van der Waals surface area contributed by atoms with Gasteiger partial charge in [-0.05, 0) is 26.7 Å². The van der Waals surface area contributed by atoms with E-state index in [9.17, 15) is 18.0 Å². The van der Waals surface area contributed by atoms with Gasteiger partial charge in [-0.3, -0.25) is 9.35 Å². The van der Waals surface area contributed by atoms with Crippen LogP contribution in [0.2, 0.25) is 0 Å². The van der Waals surface area contributed by atoms with Crippen LogP contribution in [0, 0.1) is 5.92 Å². The number of hydrogen-bond donors (Lipinski definition) is 2. The van der Waals surface area contributed by atoms with Gasteiger partial charge < -0.3 is 12.7 Å². The summed E-state index contributed by atoms with van der Waals surface area (Å²) < 4.78 is 36.7. The van der Waals surface area contributed by atoms with E-state index in [0.29, 0.717) is 19.3 Å². The van der Waals surface area contributed by atoms with Gasteiger partial charge in [0.2, 0.25) is 0 Å². The van der Waals surface area contributed by atoms with Gasteiger partial charge in [0.05, 0.1) is 5.25 Å². The number of hydrogen-bond acceptors (Lipinski definition) is 5. The minimum atomic E-state index is -4.28. The molecule has 3 atom stereocenters. The van der Waals surface area contributed by atoms with E-state index >= 15 is 0 Å². The van der Waals surface area contributed by atoms with Crippen molar-refractivity contribution in [3.63, 3.8) is 0 Å². The topological polar surface area (TPSA) is 118 Å². The van der Waals surface area contributed by atoms with Crippen molar-refractivity contribution >= 4 is 59.8 Å². The molecule has 7 nitrogen and oxygen atoms in total. The molecule has 2 N–H and O–H groups in total. The predicted molar refractivity (Wildman–Crippen MR) is 84.3 cm³/mol. The number of carbonyl (C=O) groups is 2. The van der Waals surface area contributed by atoms with Crippen molar-refractivity contribution in [3.8, 4) is 0 Å². The number of unbranched alkanes of at least 4 members (excludes halogenated alkanes) is 1. The summed E-state index contributed by atoms with van der Waals surface area (Å²) in [7, 11) is -4.28. The molecule has 0 saturated carbocycles. The Morgan fingerprint density at radius 3 is 2.27 bits per heavy atom. The van der Waals surface area contributed by atoms with Crippen molar-refractivity contribution in [2.75, 3.05) is 0 Å². The molecule has 0 amide bonds. The third-order valence-corrected chi connectivity index (χ3v) is 4.61. The quantitative estimate of drug-likeness (QED) is 0.198. The van der Waals surface area contributed by atoms with Crippen LogP contribution in [0.5, 0.6) is 0 Å². The van der Waals surface area contributed by atoms with Crippen molar-refractivity contribution in [3.05, 3.63) is 12.7 Å². The number of carbonyl (C=O) groups excluding carboxylic acids is 1. The SMILES string of the molecule is C=CC(=O)OC(C)C(CCCCC(=O)O)C(C)S(=O)(=O)O.[Ca+2].[H-].[H-]. The van der Waals surface area contributed by atoms with Gasteiger partial charge in [0.25, 0.3) is 10.1 Å². The summed E-state index contributed by atoms with van der Waals surface area (Å²) in [5.41, 5.74) is 0. The fraction of sp³-hybridized carbons (Fsp3) is 0.692. The Kier molecular flexibility index (Phi) is 12.5. The normalized spacial score (nSPS) is 15.0. The molecule has 0 radical (unpaired) electrons. The van der Waals surface area contributed by atoms with Crippen molar-refractivity contribution in [1.29, 1.82) is 0 Å². The van der Waals surface area contributed by atoms with Gasteiger partial charge in [-0.1, -0.05) is 13.0 Å². The van der Waals surface area contributed by atoms with Gasteiger partial charge in [0.15, 0.2) is 0 Å². The zero-order valence-corrected chi connectivity index (χ0v) is 15.9. The van der Waals surface area contributed by atoms with Crippen LogP contribution in [0.4, 0.5) is 0 Å². The molecule has 0 aliphatic rings. The summed E-state index contributed by atoms with van der Waals surface area (Å²) in [5.74, 6) is -2.24. The maximum Gasteiger partial charge on any atom is 2.00 e. The molecule has 0 aromatic rings. The summed E-state index contributed by atoms with van der Waals surface area (Å²) in [4.78, 5) is 21.6. The summed E-state index contributed by atoms with van der Waals surface area (Å²) in [6, 6.07) is 0. The molecule has 0 bridgehead atoms. The molecular formula is C13H24CaO7S. The van der Waals surface area contributed by atoms with E-state index in [4.69, 9.17) is 14.4 Å². The average molecular weight is 364 g/mol.